The number of piperazine rings is 1. The largest absolute Gasteiger partial charge is 0.353 e. The minimum Gasteiger partial charge on any atom is -0.353 e. The minimum atomic E-state index is -0.126. The van der Waals surface area contributed by atoms with Crippen molar-refractivity contribution in [1.82, 2.24) is 19.9 Å². The van der Waals surface area contributed by atoms with E-state index in [-0.39, 0.29) is 5.56 Å². The lowest BCUT2D eigenvalue weighted by atomic mass is 10.2. The molecular formula is C21H21N7O. The van der Waals surface area contributed by atoms with Gasteiger partial charge in [0.05, 0.1) is 5.56 Å². The highest BCUT2D eigenvalue weighted by atomic mass is 16.1. The van der Waals surface area contributed by atoms with Crippen LogP contribution < -0.4 is 15.4 Å². The van der Waals surface area contributed by atoms with Gasteiger partial charge in [-0.15, -0.1) is 0 Å². The highest BCUT2D eigenvalue weighted by molar-refractivity contribution is 5.58. The molecule has 3 aromatic heterocycles. The Labute approximate surface area is 168 Å². The fourth-order valence-electron chi connectivity index (χ4n) is 3.38. The SMILES string of the molecule is Cc1nc(-c2ccc(N3CCN(c4ncccc4C#N)CC3)nc2)[nH]c(=O)c1C. The van der Waals surface area contributed by atoms with Gasteiger partial charge in [-0.2, -0.15) is 5.26 Å². The van der Waals surface area contributed by atoms with Crippen LogP contribution in [0.5, 0.6) is 0 Å². The molecule has 0 aliphatic carbocycles. The van der Waals surface area contributed by atoms with Crippen LogP contribution in [0.3, 0.4) is 0 Å². The fourth-order valence-corrected chi connectivity index (χ4v) is 3.38. The molecule has 1 aliphatic rings. The number of aryl methyl sites for hydroxylation is 1. The summed E-state index contributed by atoms with van der Waals surface area (Å²) < 4.78 is 0. The third-order valence-corrected chi connectivity index (χ3v) is 5.23. The molecule has 146 valence electrons. The Morgan fingerprint density at radius 3 is 2.48 bits per heavy atom. The van der Waals surface area contributed by atoms with Crippen molar-refractivity contribution in [2.75, 3.05) is 36.0 Å². The van der Waals surface area contributed by atoms with E-state index in [0.717, 1.165) is 49.1 Å². The van der Waals surface area contributed by atoms with Crippen LogP contribution in [0.15, 0.2) is 41.5 Å². The van der Waals surface area contributed by atoms with Gasteiger partial charge in [-0.05, 0) is 38.1 Å². The van der Waals surface area contributed by atoms with Gasteiger partial charge in [-0.1, -0.05) is 0 Å². The Kier molecular flexibility index (Phi) is 4.96. The predicted molar refractivity (Wildman–Crippen MR) is 111 cm³/mol. The van der Waals surface area contributed by atoms with E-state index >= 15 is 0 Å². The molecule has 0 saturated carbocycles. The van der Waals surface area contributed by atoms with Crippen molar-refractivity contribution in [1.29, 1.82) is 5.26 Å². The molecule has 4 rings (SSSR count). The molecule has 1 aliphatic heterocycles. The minimum absolute atomic E-state index is 0.126. The summed E-state index contributed by atoms with van der Waals surface area (Å²) >= 11 is 0. The zero-order valence-electron chi connectivity index (χ0n) is 16.4. The smallest absolute Gasteiger partial charge is 0.254 e. The lowest BCUT2D eigenvalue weighted by molar-refractivity contribution is 0.641. The fraction of sp³-hybridized carbons (Fsp3) is 0.286. The van der Waals surface area contributed by atoms with Crippen molar-refractivity contribution in [3.63, 3.8) is 0 Å². The summed E-state index contributed by atoms with van der Waals surface area (Å²) in [6.07, 6.45) is 3.45. The first-order chi connectivity index (χ1) is 14.1. The number of hydrogen-bond acceptors (Lipinski definition) is 7. The number of rotatable bonds is 3. The van der Waals surface area contributed by atoms with Gasteiger partial charge < -0.3 is 14.8 Å². The van der Waals surface area contributed by atoms with Crippen molar-refractivity contribution in [2.45, 2.75) is 13.8 Å². The third kappa shape index (κ3) is 3.67. The van der Waals surface area contributed by atoms with E-state index in [4.69, 9.17) is 0 Å². The molecule has 0 aromatic carbocycles. The molecule has 3 aromatic rings. The zero-order valence-corrected chi connectivity index (χ0v) is 16.4. The molecular weight excluding hydrogens is 366 g/mol. The van der Waals surface area contributed by atoms with Crippen LogP contribution in [0.2, 0.25) is 0 Å². The number of H-pyrrole nitrogens is 1. The number of pyridine rings is 2. The van der Waals surface area contributed by atoms with Crippen LogP contribution in [0.4, 0.5) is 11.6 Å². The number of aromatic nitrogens is 4. The number of nitriles is 1. The topological polar surface area (TPSA) is 102 Å². The Morgan fingerprint density at radius 1 is 1.07 bits per heavy atom. The molecule has 0 spiro atoms. The summed E-state index contributed by atoms with van der Waals surface area (Å²) in [6, 6.07) is 9.65. The van der Waals surface area contributed by atoms with Crippen molar-refractivity contribution in [3.8, 4) is 17.5 Å². The molecule has 1 saturated heterocycles. The standard InChI is InChI=1S/C21H21N7O/c1-14-15(2)25-19(26-21(14)29)17-5-6-18(24-13-17)27-8-10-28(11-9-27)20-16(12-22)4-3-7-23-20/h3-7,13H,8-11H2,1-2H3,(H,25,26,29). The Bertz CT molecular complexity index is 1120. The van der Waals surface area contributed by atoms with Crippen LogP contribution in [0, 0.1) is 25.2 Å². The second-order valence-electron chi connectivity index (χ2n) is 6.99. The third-order valence-electron chi connectivity index (χ3n) is 5.23. The number of nitrogens with one attached hydrogen (secondary N) is 1. The average Bonchev–Trinajstić information content (AvgIpc) is 2.77. The lowest BCUT2D eigenvalue weighted by Gasteiger charge is -2.36. The van der Waals surface area contributed by atoms with Gasteiger partial charge in [-0.3, -0.25) is 4.79 Å². The first kappa shape index (κ1) is 18.6. The maximum absolute atomic E-state index is 12.0. The molecule has 0 atom stereocenters. The van der Waals surface area contributed by atoms with E-state index in [2.05, 4.69) is 35.8 Å². The molecule has 0 radical (unpaired) electrons. The average molecular weight is 387 g/mol. The van der Waals surface area contributed by atoms with E-state index < -0.39 is 0 Å². The predicted octanol–water partition coefficient (Wildman–Crippen LogP) is 2.04. The van der Waals surface area contributed by atoms with Gasteiger partial charge in [0.2, 0.25) is 0 Å². The molecule has 0 amide bonds. The molecule has 4 heterocycles. The Morgan fingerprint density at radius 2 is 1.83 bits per heavy atom. The highest BCUT2D eigenvalue weighted by Crippen LogP contribution is 2.22. The van der Waals surface area contributed by atoms with Crippen molar-refractivity contribution >= 4 is 11.6 Å². The van der Waals surface area contributed by atoms with E-state index in [9.17, 15) is 10.1 Å². The molecule has 1 fully saturated rings. The number of nitrogens with zero attached hydrogens (tertiary/aromatic N) is 6. The molecule has 8 nitrogen and oxygen atoms in total. The number of hydrogen-bond donors (Lipinski definition) is 1. The van der Waals surface area contributed by atoms with Crippen LogP contribution in [-0.4, -0.2) is 46.1 Å². The normalized spacial score (nSPS) is 14.0. The maximum Gasteiger partial charge on any atom is 0.254 e. The van der Waals surface area contributed by atoms with E-state index in [1.54, 1.807) is 31.5 Å². The van der Waals surface area contributed by atoms with Crippen molar-refractivity contribution in [3.05, 3.63) is 63.8 Å². The van der Waals surface area contributed by atoms with Gasteiger partial charge in [-0.25, -0.2) is 15.0 Å². The summed E-state index contributed by atoms with van der Waals surface area (Å²) in [6.45, 7) is 6.69. The maximum atomic E-state index is 12.0. The van der Waals surface area contributed by atoms with Gasteiger partial charge in [0.1, 0.15) is 23.5 Å². The Hall–Kier alpha value is -3.73. The summed E-state index contributed by atoms with van der Waals surface area (Å²) in [5, 5.41) is 9.28. The summed E-state index contributed by atoms with van der Waals surface area (Å²) in [4.78, 5) is 32.5. The van der Waals surface area contributed by atoms with Crippen molar-refractivity contribution < 1.29 is 0 Å². The van der Waals surface area contributed by atoms with Crippen LogP contribution in [-0.2, 0) is 0 Å². The van der Waals surface area contributed by atoms with Crippen LogP contribution in [0.1, 0.15) is 16.8 Å². The van der Waals surface area contributed by atoms with Gasteiger partial charge in [0.15, 0.2) is 0 Å². The monoisotopic (exact) mass is 387 g/mol. The molecule has 8 heteroatoms. The molecule has 29 heavy (non-hydrogen) atoms. The van der Waals surface area contributed by atoms with Gasteiger partial charge in [0.25, 0.3) is 5.56 Å². The second kappa shape index (κ2) is 7.72. The van der Waals surface area contributed by atoms with Crippen LogP contribution in [0.25, 0.3) is 11.4 Å². The summed E-state index contributed by atoms with van der Waals surface area (Å²) in [7, 11) is 0. The first-order valence-corrected chi connectivity index (χ1v) is 9.46. The van der Waals surface area contributed by atoms with Gasteiger partial charge in [0, 0.05) is 55.4 Å². The zero-order chi connectivity index (χ0) is 20.4. The quantitative estimate of drug-likeness (QED) is 0.734. The van der Waals surface area contributed by atoms with Crippen molar-refractivity contribution in [2.24, 2.45) is 0 Å². The van der Waals surface area contributed by atoms with E-state index in [0.29, 0.717) is 17.0 Å². The lowest BCUT2D eigenvalue weighted by Crippen LogP contribution is -2.47. The second-order valence-corrected chi connectivity index (χ2v) is 6.99. The van der Waals surface area contributed by atoms with Gasteiger partial charge >= 0.3 is 0 Å². The number of aromatic amines is 1. The van der Waals surface area contributed by atoms with E-state index in [1.165, 1.54) is 0 Å². The highest BCUT2D eigenvalue weighted by Gasteiger charge is 2.21. The Balaban J connectivity index is 1.47. The molecule has 0 unspecified atom stereocenters. The first-order valence-electron chi connectivity index (χ1n) is 9.46. The number of anilines is 2. The summed E-state index contributed by atoms with van der Waals surface area (Å²) in [5.41, 5.74) is 2.59. The van der Waals surface area contributed by atoms with E-state index in [1.807, 2.05) is 19.1 Å². The summed E-state index contributed by atoms with van der Waals surface area (Å²) in [5.74, 6) is 2.14. The molecule has 0 bridgehead atoms. The van der Waals surface area contributed by atoms with Crippen LogP contribution >= 0.6 is 0 Å². The molecule has 1 N–H and O–H groups in total.